The highest BCUT2D eigenvalue weighted by atomic mass is 16.2. The molecule has 2 unspecified atom stereocenters. The molecule has 4 rings (SSSR count). The van der Waals surface area contributed by atoms with Crippen LogP contribution < -0.4 is 0 Å². The van der Waals surface area contributed by atoms with Gasteiger partial charge < -0.3 is 4.90 Å². The highest BCUT2D eigenvalue weighted by Gasteiger charge is 2.63. The van der Waals surface area contributed by atoms with Crippen molar-refractivity contribution in [2.45, 2.75) is 64.8 Å². The normalized spacial score (nSPS) is 52.2. The molecule has 0 spiro atoms. The zero-order chi connectivity index (χ0) is 16.6. The Labute approximate surface area is 139 Å². The SMILES string of the molecule is CN1C(=O)C=C[C@]2(C)C3CC[C@]4(C)C(=O)CC[C@H]4C3CC[C@@]12C. The molecule has 1 heterocycles. The van der Waals surface area contributed by atoms with Gasteiger partial charge in [-0.05, 0) is 62.9 Å². The highest BCUT2D eigenvalue weighted by Crippen LogP contribution is 2.65. The molecule has 3 nitrogen and oxygen atoms in total. The number of rotatable bonds is 0. The lowest BCUT2D eigenvalue weighted by molar-refractivity contribution is -0.155. The fourth-order valence-electron chi connectivity index (χ4n) is 6.75. The molecule has 3 heteroatoms. The van der Waals surface area contributed by atoms with Gasteiger partial charge in [0, 0.05) is 29.8 Å². The number of amides is 1. The lowest BCUT2D eigenvalue weighted by Crippen LogP contribution is -2.66. The Balaban J connectivity index is 1.76. The number of carbonyl (C=O) groups excluding carboxylic acids is 2. The molecule has 0 aromatic carbocycles. The molecule has 0 radical (unpaired) electrons. The summed E-state index contributed by atoms with van der Waals surface area (Å²) in [6.07, 6.45) is 10.3. The summed E-state index contributed by atoms with van der Waals surface area (Å²) in [5, 5.41) is 0. The van der Waals surface area contributed by atoms with Gasteiger partial charge in [-0.15, -0.1) is 0 Å². The first-order valence-corrected chi connectivity index (χ1v) is 9.24. The molecule has 3 saturated carbocycles. The van der Waals surface area contributed by atoms with E-state index >= 15 is 0 Å². The van der Waals surface area contributed by atoms with Gasteiger partial charge in [0.25, 0.3) is 0 Å². The zero-order valence-electron chi connectivity index (χ0n) is 14.9. The predicted molar refractivity (Wildman–Crippen MR) is 89.7 cm³/mol. The van der Waals surface area contributed by atoms with Gasteiger partial charge in [-0.2, -0.15) is 0 Å². The third-order valence-corrected chi connectivity index (χ3v) is 8.68. The fraction of sp³-hybridized carbons (Fsp3) is 0.800. The largest absolute Gasteiger partial charge is 0.336 e. The van der Waals surface area contributed by atoms with Crippen LogP contribution in [0.25, 0.3) is 0 Å². The Bertz CT molecular complexity index is 611. The molecular weight excluding hydrogens is 286 g/mol. The Morgan fingerprint density at radius 2 is 1.78 bits per heavy atom. The number of nitrogens with zero attached hydrogens (tertiary/aromatic N) is 1. The highest BCUT2D eigenvalue weighted by molar-refractivity contribution is 5.89. The van der Waals surface area contributed by atoms with Crippen molar-refractivity contribution in [3.63, 3.8) is 0 Å². The molecule has 0 N–H and O–H groups in total. The molecule has 0 bridgehead atoms. The smallest absolute Gasteiger partial charge is 0.246 e. The number of ketones is 1. The molecular formula is C20H29NO2. The Kier molecular flexibility index (Phi) is 3.01. The van der Waals surface area contributed by atoms with E-state index in [1.54, 1.807) is 6.08 Å². The van der Waals surface area contributed by atoms with E-state index in [0.29, 0.717) is 23.5 Å². The average Bonchev–Trinajstić information content (AvgIpc) is 2.82. The standard InChI is InChI=1S/C20H29NO2/c1-18-10-8-15-13(14(18)5-6-16(18)22)7-12-20(3)19(15,2)11-9-17(23)21(20)4/h9,11,13-15H,5-8,10,12H2,1-4H3/t13?,14-,15?,18-,19+,20+/m0/s1. The molecule has 0 aromatic heterocycles. The molecule has 3 aliphatic carbocycles. The van der Waals surface area contributed by atoms with Crippen molar-refractivity contribution in [2.24, 2.45) is 28.6 Å². The minimum atomic E-state index is -0.0869. The third-order valence-electron chi connectivity index (χ3n) is 8.68. The van der Waals surface area contributed by atoms with Crippen molar-refractivity contribution in [3.8, 4) is 0 Å². The topological polar surface area (TPSA) is 37.4 Å². The second-order valence-electron chi connectivity index (χ2n) is 9.12. The first-order valence-electron chi connectivity index (χ1n) is 9.24. The minimum Gasteiger partial charge on any atom is -0.336 e. The monoisotopic (exact) mass is 315 g/mol. The number of Topliss-reactive ketones (excluding diaryl/α,β-unsaturated/α-hetero) is 1. The number of fused-ring (bicyclic) bond motifs is 5. The summed E-state index contributed by atoms with van der Waals surface area (Å²) in [6.45, 7) is 6.87. The summed E-state index contributed by atoms with van der Waals surface area (Å²) in [5.74, 6) is 2.44. The maximum Gasteiger partial charge on any atom is 0.246 e. The van der Waals surface area contributed by atoms with Gasteiger partial charge in [-0.3, -0.25) is 9.59 Å². The summed E-state index contributed by atoms with van der Waals surface area (Å²) in [5.41, 5.74) is -0.118. The molecule has 23 heavy (non-hydrogen) atoms. The summed E-state index contributed by atoms with van der Waals surface area (Å²) in [4.78, 5) is 26.7. The maximum absolute atomic E-state index is 12.5. The molecule has 1 amide bonds. The Hall–Kier alpha value is -1.12. The van der Waals surface area contributed by atoms with E-state index in [2.05, 4.69) is 26.8 Å². The number of carbonyl (C=O) groups is 2. The van der Waals surface area contributed by atoms with Crippen molar-refractivity contribution >= 4 is 11.7 Å². The van der Waals surface area contributed by atoms with Crippen LogP contribution in [0.2, 0.25) is 0 Å². The summed E-state index contributed by atoms with van der Waals surface area (Å²) in [6, 6.07) is 0. The van der Waals surface area contributed by atoms with Crippen LogP contribution in [0.5, 0.6) is 0 Å². The third kappa shape index (κ3) is 1.66. The lowest BCUT2D eigenvalue weighted by atomic mass is 9.45. The van der Waals surface area contributed by atoms with E-state index < -0.39 is 0 Å². The van der Waals surface area contributed by atoms with Gasteiger partial charge in [-0.25, -0.2) is 0 Å². The minimum absolute atomic E-state index is 0.0333. The van der Waals surface area contributed by atoms with E-state index in [0.717, 1.165) is 38.5 Å². The maximum atomic E-state index is 12.5. The molecule has 4 aliphatic rings. The van der Waals surface area contributed by atoms with Gasteiger partial charge in [0.05, 0.1) is 0 Å². The van der Waals surface area contributed by atoms with Crippen molar-refractivity contribution < 1.29 is 9.59 Å². The van der Waals surface area contributed by atoms with Gasteiger partial charge in [0.2, 0.25) is 5.91 Å². The van der Waals surface area contributed by atoms with Crippen LogP contribution in [0, 0.1) is 28.6 Å². The first kappa shape index (κ1) is 15.4. The van der Waals surface area contributed by atoms with Gasteiger partial charge in [-0.1, -0.05) is 19.9 Å². The molecule has 3 fully saturated rings. The quantitative estimate of drug-likeness (QED) is 0.685. The van der Waals surface area contributed by atoms with E-state index in [1.807, 2.05) is 11.9 Å². The zero-order valence-corrected chi connectivity index (χ0v) is 14.9. The summed E-state index contributed by atoms with van der Waals surface area (Å²) < 4.78 is 0. The van der Waals surface area contributed by atoms with Crippen LogP contribution >= 0.6 is 0 Å². The van der Waals surface area contributed by atoms with E-state index in [4.69, 9.17) is 0 Å². The molecule has 126 valence electrons. The van der Waals surface area contributed by atoms with Crippen LogP contribution in [0.4, 0.5) is 0 Å². The molecule has 0 saturated heterocycles. The fourth-order valence-corrected chi connectivity index (χ4v) is 6.75. The number of hydrogen-bond donors (Lipinski definition) is 0. The van der Waals surface area contributed by atoms with Crippen molar-refractivity contribution in [1.29, 1.82) is 0 Å². The van der Waals surface area contributed by atoms with Crippen molar-refractivity contribution in [1.82, 2.24) is 4.90 Å². The second-order valence-corrected chi connectivity index (χ2v) is 9.12. The van der Waals surface area contributed by atoms with Crippen LogP contribution in [0.15, 0.2) is 12.2 Å². The van der Waals surface area contributed by atoms with Crippen LogP contribution in [-0.2, 0) is 9.59 Å². The van der Waals surface area contributed by atoms with Crippen LogP contribution in [-0.4, -0.2) is 29.2 Å². The van der Waals surface area contributed by atoms with Crippen molar-refractivity contribution in [3.05, 3.63) is 12.2 Å². The molecule has 1 aliphatic heterocycles. The Morgan fingerprint density at radius 1 is 1.04 bits per heavy atom. The van der Waals surface area contributed by atoms with E-state index in [1.165, 1.54) is 0 Å². The average molecular weight is 315 g/mol. The number of likely N-dealkylation sites (N-methyl/N-ethyl adjacent to an activating group) is 1. The molecule has 0 aromatic rings. The number of hydrogen-bond acceptors (Lipinski definition) is 2. The second kappa shape index (κ2) is 4.49. The van der Waals surface area contributed by atoms with E-state index in [-0.39, 0.29) is 22.3 Å². The van der Waals surface area contributed by atoms with Gasteiger partial charge in [0.15, 0.2) is 0 Å². The van der Waals surface area contributed by atoms with Crippen LogP contribution in [0.3, 0.4) is 0 Å². The first-order chi connectivity index (χ1) is 10.7. The Morgan fingerprint density at radius 3 is 2.52 bits per heavy atom. The molecule has 6 atom stereocenters. The van der Waals surface area contributed by atoms with Crippen molar-refractivity contribution in [2.75, 3.05) is 7.05 Å². The van der Waals surface area contributed by atoms with Crippen LogP contribution in [0.1, 0.15) is 59.3 Å². The van der Waals surface area contributed by atoms with Gasteiger partial charge >= 0.3 is 0 Å². The summed E-state index contributed by atoms with van der Waals surface area (Å²) >= 11 is 0. The predicted octanol–water partition coefficient (Wildman–Crippen LogP) is 3.59. The summed E-state index contributed by atoms with van der Waals surface area (Å²) in [7, 11) is 1.97. The lowest BCUT2D eigenvalue weighted by Gasteiger charge is -2.64. The van der Waals surface area contributed by atoms with E-state index in [9.17, 15) is 9.59 Å². The van der Waals surface area contributed by atoms with Gasteiger partial charge in [0.1, 0.15) is 5.78 Å².